The number of benzene rings is 2. The Morgan fingerprint density at radius 3 is 2.39 bits per heavy atom. The predicted octanol–water partition coefficient (Wildman–Crippen LogP) is 4.06. The van der Waals surface area contributed by atoms with Crippen LogP contribution in [0.2, 0.25) is 20.1 Å². The highest BCUT2D eigenvalue weighted by Gasteiger charge is 2.23. The van der Waals surface area contributed by atoms with E-state index in [4.69, 9.17) is 46.4 Å². The van der Waals surface area contributed by atoms with Crippen molar-refractivity contribution in [2.45, 2.75) is 11.4 Å². The summed E-state index contributed by atoms with van der Waals surface area (Å²) in [5, 5.41) is 8.47. The molecule has 0 spiro atoms. The van der Waals surface area contributed by atoms with Crippen molar-refractivity contribution < 1.29 is 13.2 Å². The molecule has 12 heteroatoms. The first kappa shape index (κ1) is 20.9. The molecule has 0 aliphatic heterocycles. The van der Waals surface area contributed by atoms with Crippen molar-refractivity contribution in [1.29, 1.82) is 0 Å². The molecule has 0 radical (unpaired) electrons. The van der Waals surface area contributed by atoms with Crippen LogP contribution in [0.1, 0.15) is 16.1 Å². The Labute approximate surface area is 180 Å². The van der Waals surface area contributed by atoms with E-state index in [0.29, 0.717) is 15.6 Å². The number of halogens is 4. The topological polar surface area (TPSA) is 94.0 Å². The summed E-state index contributed by atoms with van der Waals surface area (Å²) in [4.78, 5) is 12.0. The Morgan fingerprint density at radius 1 is 1.00 bits per heavy atom. The number of aromatic nitrogens is 3. The van der Waals surface area contributed by atoms with Crippen LogP contribution in [0, 0.1) is 0 Å². The van der Waals surface area contributed by atoms with Crippen molar-refractivity contribution in [3.8, 4) is 0 Å². The first-order valence-corrected chi connectivity index (χ1v) is 10.5. The van der Waals surface area contributed by atoms with Crippen molar-refractivity contribution in [2.75, 3.05) is 0 Å². The molecule has 1 N–H and O–H groups in total. The molecule has 1 aromatic heterocycles. The van der Waals surface area contributed by atoms with E-state index in [2.05, 4.69) is 10.3 Å². The molecule has 0 aliphatic carbocycles. The highest BCUT2D eigenvalue weighted by atomic mass is 35.5. The Balaban J connectivity index is 1.77. The van der Waals surface area contributed by atoms with Gasteiger partial charge in [0.05, 0.1) is 17.8 Å². The van der Waals surface area contributed by atoms with Crippen LogP contribution < -0.4 is 4.72 Å². The maximum Gasteiger partial charge on any atom is 0.287 e. The quantitative estimate of drug-likeness (QED) is 0.595. The largest absolute Gasteiger partial charge is 0.287 e. The summed E-state index contributed by atoms with van der Waals surface area (Å²) in [5.41, 5.74) is 0.494. The lowest BCUT2D eigenvalue weighted by Crippen LogP contribution is -2.31. The van der Waals surface area contributed by atoms with Crippen LogP contribution in [0.25, 0.3) is 0 Å². The molecule has 0 atom stereocenters. The summed E-state index contributed by atoms with van der Waals surface area (Å²) in [6.45, 7) is 0.211. The van der Waals surface area contributed by atoms with Crippen LogP contribution in [0.15, 0.2) is 47.5 Å². The van der Waals surface area contributed by atoms with Crippen molar-refractivity contribution in [3.63, 3.8) is 0 Å². The van der Waals surface area contributed by atoms with E-state index < -0.39 is 15.9 Å². The number of hydrogen-bond acceptors (Lipinski definition) is 5. The molecule has 7 nitrogen and oxygen atoms in total. The molecule has 28 heavy (non-hydrogen) atoms. The summed E-state index contributed by atoms with van der Waals surface area (Å²) >= 11 is 23.6. The SMILES string of the molecule is O=C(NS(=O)(=O)c1cc(Cl)ccc1Cl)c1cn(Cc2ccc(Cl)cc2Cl)nn1. The van der Waals surface area contributed by atoms with Gasteiger partial charge in [-0.3, -0.25) is 4.79 Å². The smallest absolute Gasteiger partial charge is 0.266 e. The maximum absolute atomic E-state index is 12.4. The molecule has 3 aromatic rings. The van der Waals surface area contributed by atoms with Crippen molar-refractivity contribution in [1.82, 2.24) is 19.7 Å². The van der Waals surface area contributed by atoms with E-state index in [-0.39, 0.29) is 27.2 Å². The fourth-order valence-electron chi connectivity index (χ4n) is 2.22. The van der Waals surface area contributed by atoms with Gasteiger partial charge in [-0.2, -0.15) is 0 Å². The summed E-state index contributed by atoms with van der Waals surface area (Å²) < 4.78 is 28.0. The van der Waals surface area contributed by atoms with Crippen LogP contribution in [0.4, 0.5) is 0 Å². The normalized spacial score (nSPS) is 11.4. The summed E-state index contributed by atoms with van der Waals surface area (Å²) in [5.74, 6) is -0.968. The lowest BCUT2D eigenvalue weighted by molar-refractivity contribution is 0.0976. The molecule has 0 saturated carbocycles. The van der Waals surface area contributed by atoms with Crippen LogP contribution in [-0.2, 0) is 16.6 Å². The third-order valence-electron chi connectivity index (χ3n) is 3.53. The molecule has 0 aliphatic rings. The molecule has 0 fully saturated rings. The predicted molar refractivity (Wildman–Crippen MR) is 107 cm³/mol. The zero-order chi connectivity index (χ0) is 20.5. The number of nitrogens with zero attached hydrogens (tertiary/aromatic N) is 3. The molecular weight excluding hydrogens is 470 g/mol. The molecule has 0 saturated heterocycles. The molecule has 3 rings (SSSR count). The molecule has 0 bridgehead atoms. The van der Waals surface area contributed by atoms with Crippen LogP contribution in [0.3, 0.4) is 0 Å². The van der Waals surface area contributed by atoms with Crippen molar-refractivity contribution >= 4 is 62.3 Å². The van der Waals surface area contributed by atoms with Crippen molar-refractivity contribution in [3.05, 3.63) is 73.9 Å². The minimum Gasteiger partial charge on any atom is -0.266 e. The van der Waals surface area contributed by atoms with Gasteiger partial charge < -0.3 is 0 Å². The lowest BCUT2D eigenvalue weighted by atomic mass is 10.2. The Hall–Kier alpha value is -1.84. The summed E-state index contributed by atoms with van der Waals surface area (Å²) in [6.07, 6.45) is 1.29. The van der Waals surface area contributed by atoms with Gasteiger partial charge in [-0.25, -0.2) is 17.8 Å². The minimum absolute atomic E-state index is 0.0780. The van der Waals surface area contributed by atoms with Crippen molar-refractivity contribution in [2.24, 2.45) is 0 Å². The van der Waals surface area contributed by atoms with E-state index in [1.807, 2.05) is 4.72 Å². The van der Waals surface area contributed by atoms with Gasteiger partial charge in [0.1, 0.15) is 4.90 Å². The summed E-state index contributed by atoms with van der Waals surface area (Å²) in [6, 6.07) is 8.82. The van der Waals surface area contributed by atoms with E-state index in [9.17, 15) is 13.2 Å². The third-order valence-corrected chi connectivity index (χ3v) is 6.16. The van der Waals surface area contributed by atoms with E-state index >= 15 is 0 Å². The molecule has 1 heterocycles. The van der Waals surface area contributed by atoms with Gasteiger partial charge in [0.2, 0.25) is 0 Å². The highest BCUT2D eigenvalue weighted by Crippen LogP contribution is 2.25. The second kappa shape index (κ2) is 8.26. The number of carbonyl (C=O) groups is 1. The molecular formula is C16H10Cl4N4O3S. The van der Waals surface area contributed by atoms with Gasteiger partial charge in [0, 0.05) is 15.1 Å². The second-order valence-corrected chi connectivity index (χ2v) is 8.88. The number of amides is 1. The Bertz CT molecular complexity index is 1160. The minimum atomic E-state index is -4.25. The number of sulfonamides is 1. The van der Waals surface area contributed by atoms with Gasteiger partial charge >= 0.3 is 0 Å². The zero-order valence-electron chi connectivity index (χ0n) is 13.7. The molecule has 2 aromatic carbocycles. The average molecular weight is 480 g/mol. The van der Waals surface area contributed by atoms with E-state index in [0.717, 1.165) is 6.07 Å². The second-order valence-electron chi connectivity index (χ2n) is 5.55. The maximum atomic E-state index is 12.4. The Morgan fingerprint density at radius 2 is 1.68 bits per heavy atom. The van der Waals surface area contributed by atoms with E-state index in [1.54, 1.807) is 18.2 Å². The van der Waals surface area contributed by atoms with Gasteiger partial charge in [-0.1, -0.05) is 57.7 Å². The van der Waals surface area contributed by atoms with Gasteiger partial charge in [0.25, 0.3) is 15.9 Å². The monoisotopic (exact) mass is 478 g/mol. The highest BCUT2D eigenvalue weighted by molar-refractivity contribution is 7.90. The first-order chi connectivity index (χ1) is 13.2. The fraction of sp³-hybridized carbons (Fsp3) is 0.0625. The van der Waals surface area contributed by atoms with Crippen LogP contribution >= 0.6 is 46.4 Å². The molecule has 1 amide bonds. The van der Waals surface area contributed by atoms with Gasteiger partial charge in [-0.05, 0) is 35.9 Å². The molecule has 0 unspecified atom stereocenters. The zero-order valence-corrected chi connectivity index (χ0v) is 17.6. The van der Waals surface area contributed by atoms with Gasteiger partial charge in [-0.15, -0.1) is 5.10 Å². The van der Waals surface area contributed by atoms with Gasteiger partial charge in [0.15, 0.2) is 5.69 Å². The van der Waals surface area contributed by atoms with Crippen LogP contribution in [0.5, 0.6) is 0 Å². The third kappa shape index (κ3) is 4.76. The average Bonchev–Trinajstić information content (AvgIpc) is 3.08. The van der Waals surface area contributed by atoms with E-state index in [1.165, 1.54) is 23.0 Å². The Kier molecular flexibility index (Phi) is 6.16. The number of rotatable bonds is 5. The lowest BCUT2D eigenvalue weighted by Gasteiger charge is -2.07. The number of hydrogen-bond donors (Lipinski definition) is 1. The number of nitrogens with one attached hydrogen (secondary N) is 1. The first-order valence-electron chi connectivity index (χ1n) is 7.52. The number of carbonyl (C=O) groups excluding carboxylic acids is 1. The fourth-order valence-corrected chi connectivity index (χ4v) is 4.41. The molecule has 146 valence electrons. The summed E-state index contributed by atoms with van der Waals surface area (Å²) in [7, 11) is -4.25. The van der Waals surface area contributed by atoms with Crippen LogP contribution in [-0.4, -0.2) is 29.3 Å². The standard InChI is InChI=1S/C16H10Cl4N4O3S/c17-10-2-1-9(13(20)5-10)7-24-8-14(21-23-24)16(25)22-28(26,27)15-6-11(18)3-4-12(15)19/h1-6,8H,7H2,(H,22,25).